The lowest BCUT2D eigenvalue weighted by molar-refractivity contribution is 0.0949. The number of aromatic nitrogens is 1. The molecule has 0 N–H and O–H groups in total. The van der Waals surface area contributed by atoms with E-state index >= 15 is 0 Å². The third kappa shape index (κ3) is 4.00. The molecule has 1 heterocycles. The molecule has 0 atom stereocenters. The van der Waals surface area contributed by atoms with Crippen molar-refractivity contribution in [3.05, 3.63) is 23.6 Å². The number of hydrogen-bond donors (Lipinski definition) is 0. The molecule has 9 heteroatoms. The molecule has 1 aliphatic rings. The Morgan fingerprint density at radius 3 is 2.31 bits per heavy atom. The molecular weight excluding hydrogens is 378 g/mol. The van der Waals surface area contributed by atoms with Crippen molar-refractivity contribution in [2.75, 3.05) is 48.5 Å². The van der Waals surface area contributed by atoms with Crippen LogP contribution >= 0.6 is 0 Å². The van der Waals surface area contributed by atoms with E-state index in [4.69, 9.17) is 18.6 Å². The third-order valence-electron chi connectivity index (χ3n) is 4.45. The molecule has 0 spiro atoms. The number of benzene rings is 1. The zero-order valence-corrected chi connectivity index (χ0v) is 17.1. The highest BCUT2D eigenvalue weighted by molar-refractivity contribution is 6.51. The molecule has 1 aromatic carbocycles. The van der Waals surface area contributed by atoms with Gasteiger partial charge in [-0.05, 0) is 26.2 Å². The van der Waals surface area contributed by atoms with E-state index < -0.39 is 5.78 Å². The van der Waals surface area contributed by atoms with Crippen molar-refractivity contribution in [2.24, 2.45) is 4.99 Å². The van der Waals surface area contributed by atoms with Crippen LogP contribution in [0.15, 0.2) is 21.5 Å². The molecule has 0 fully saturated rings. The van der Waals surface area contributed by atoms with Crippen molar-refractivity contribution >= 4 is 17.3 Å². The Morgan fingerprint density at radius 2 is 1.76 bits per heavy atom. The van der Waals surface area contributed by atoms with Crippen molar-refractivity contribution in [1.82, 2.24) is 9.88 Å². The smallest absolute Gasteiger partial charge is 0.244 e. The van der Waals surface area contributed by atoms with Gasteiger partial charge in [-0.15, -0.1) is 0 Å². The average Bonchev–Trinajstić information content (AvgIpc) is 3.16. The molecule has 0 saturated carbocycles. The zero-order valence-electron chi connectivity index (χ0n) is 17.1. The number of fused-ring (bicyclic) bond motifs is 1. The number of carbonyl (C=O) groups excluding carboxylic acids is 2. The predicted octanol–water partition coefficient (Wildman–Crippen LogP) is 2.14. The van der Waals surface area contributed by atoms with Crippen LogP contribution in [0.3, 0.4) is 0 Å². The topological polar surface area (TPSA) is 103 Å². The quantitative estimate of drug-likeness (QED) is 0.695. The van der Waals surface area contributed by atoms with Crippen molar-refractivity contribution in [3.63, 3.8) is 0 Å². The van der Waals surface area contributed by atoms with E-state index in [0.717, 1.165) is 0 Å². The summed E-state index contributed by atoms with van der Waals surface area (Å²) in [7, 11) is 8.30. The summed E-state index contributed by atoms with van der Waals surface area (Å²) in [4.78, 5) is 35.7. The minimum Gasteiger partial charge on any atom is -0.493 e. The van der Waals surface area contributed by atoms with E-state index in [-0.39, 0.29) is 35.3 Å². The van der Waals surface area contributed by atoms with Crippen LogP contribution in [-0.2, 0) is 0 Å². The van der Waals surface area contributed by atoms with E-state index in [1.165, 1.54) is 21.3 Å². The SMILES string of the molecule is COc1cc(-c2nc3c(o2)C(=O)C(=NCCN(C)C)CC3=O)cc(OC)c1OC. The minimum atomic E-state index is -0.412. The molecule has 0 aliphatic heterocycles. The van der Waals surface area contributed by atoms with Gasteiger partial charge in [-0.25, -0.2) is 4.98 Å². The summed E-state index contributed by atoms with van der Waals surface area (Å²) in [6.45, 7) is 1.09. The standard InChI is InChI=1S/C20H23N3O6/c1-23(2)7-6-21-12-10-13(24)16-19(17(12)25)29-20(22-16)11-8-14(26-3)18(28-5)15(9-11)27-4/h8-9H,6-7,10H2,1-5H3. The first-order chi connectivity index (χ1) is 13.9. The van der Waals surface area contributed by atoms with Crippen LogP contribution in [0.2, 0.25) is 0 Å². The molecule has 3 rings (SSSR count). The highest BCUT2D eigenvalue weighted by atomic mass is 16.5. The Morgan fingerprint density at radius 1 is 1.10 bits per heavy atom. The predicted molar refractivity (Wildman–Crippen MR) is 106 cm³/mol. The Labute approximate surface area is 168 Å². The Hall–Kier alpha value is -3.20. The summed E-state index contributed by atoms with van der Waals surface area (Å²) in [6, 6.07) is 3.28. The normalized spacial score (nSPS) is 15.0. The van der Waals surface area contributed by atoms with Gasteiger partial charge in [-0.2, -0.15) is 0 Å². The van der Waals surface area contributed by atoms with Gasteiger partial charge in [0.25, 0.3) is 0 Å². The first kappa shape index (κ1) is 20.5. The van der Waals surface area contributed by atoms with Crippen molar-refractivity contribution in [2.45, 2.75) is 6.42 Å². The number of rotatable bonds is 7. The van der Waals surface area contributed by atoms with Gasteiger partial charge >= 0.3 is 0 Å². The molecule has 154 valence electrons. The van der Waals surface area contributed by atoms with E-state index in [9.17, 15) is 9.59 Å². The second-order valence-corrected chi connectivity index (χ2v) is 6.67. The highest BCUT2D eigenvalue weighted by Crippen LogP contribution is 2.41. The third-order valence-corrected chi connectivity index (χ3v) is 4.45. The zero-order chi connectivity index (χ0) is 21.1. The first-order valence-electron chi connectivity index (χ1n) is 8.96. The number of nitrogens with zero attached hydrogens (tertiary/aromatic N) is 3. The number of hydrogen-bond acceptors (Lipinski definition) is 9. The van der Waals surface area contributed by atoms with E-state index in [1.807, 2.05) is 19.0 Å². The number of oxazole rings is 1. The second-order valence-electron chi connectivity index (χ2n) is 6.67. The molecule has 29 heavy (non-hydrogen) atoms. The van der Waals surface area contributed by atoms with Crippen molar-refractivity contribution < 1.29 is 28.2 Å². The maximum absolute atomic E-state index is 12.7. The summed E-state index contributed by atoms with van der Waals surface area (Å²) in [6.07, 6.45) is -0.0828. The van der Waals surface area contributed by atoms with Crippen LogP contribution in [0.25, 0.3) is 11.5 Å². The van der Waals surface area contributed by atoms with Gasteiger partial charge in [0.2, 0.25) is 23.2 Å². The number of aliphatic imine (C=N–C) groups is 1. The number of likely N-dealkylation sites (N-methyl/N-ethyl adjacent to an activating group) is 1. The maximum Gasteiger partial charge on any atom is 0.244 e. The van der Waals surface area contributed by atoms with E-state index in [1.54, 1.807) is 12.1 Å². The average molecular weight is 401 g/mol. The molecule has 2 aromatic rings. The van der Waals surface area contributed by atoms with Crippen molar-refractivity contribution in [1.29, 1.82) is 0 Å². The number of Topliss-reactive ketones (excluding diaryl/α,β-unsaturated/α-hetero) is 2. The number of carbonyl (C=O) groups is 2. The Bertz CT molecular complexity index is 952. The number of ketones is 2. The molecule has 0 amide bonds. The fourth-order valence-electron chi connectivity index (χ4n) is 2.95. The maximum atomic E-state index is 12.7. The van der Waals surface area contributed by atoms with Gasteiger partial charge in [0.05, 0.1) is 40.0 Å². The monoisotopic (exact) mass is 401 g/mol. The fraction of sp³-hybridized carbons (Fsp3) is 0.400. The minimum absolute atomic E-state index is 0.0188. The van der Waals surface area contributed by atoms with E-state index in [2.05, 4.69) is 9.98 Å². The largest absolute Gasteiger partial charge is 0.493 e. The van der Waals surface area contributed by atoms with Gasteiger partial charge in [0.1, 0.15) is 0 Å². The van der Waals surface area contributed by atoms with Gasteiger partial charge < -0.3 is 23.5 Å². The molecule has 1 aliphatic carbocycles. The van der Waals surface area contributed by atoms with Crippen LogP contribution in [-0.4, -0.2) is 75.7 Å². The van der Waals surface area contributed by atoms with Gasteiger partial charge in [-0.1, -0.05) is 0 Å². The summed E-state index contributed by atoms with van der Waals surface area (Å²) in [5, 5.41) is 0. The number of ether oxygens (including phenoxy) is 3. The first-order valence-corrected chi connectivity index (χ1v) is 8.96. The summed E-state index contributed by atoms with van der Waals surface area (Å²) >= 11 is 0. The molecular formula is C20H23N3O6. The lowest BCUT2D eigenvalue weighted by atomic mass is 9.97. The summed E-state index contributed by atoms with van der Waals surface area (Å²) < 4.78 is 21.7. The molecule has 9 nitrogen and oxygen atoms in total. The molecule has 0 radical (unpaired) electrons. The molecule has 0 unspecified atom stereocenters. The van der Waals surface area contributed by atoms with Gasteiger partial charge in [0, 0.05) is 12.1 Å². The Kier molecular flexibility index (Phi) is 5.97. The summed E-state index contributed by atoms with van der Waals surface area (Å²) in [5.74, 6) is 0.537. The van der Waals surface area contributed by atoms with Crippen molar-refractivity contribution in [3.8, 4) is 28.7 Å². The van der Waals surface area contributed by atoms with Gasteiger partial charge in [-0.3, -0.25) is 14.6 Å². The summed E-state index contributed by atoms with van der Waals surface area (Å²) in [5.41, 5.74) is 0.697. The van der Waals surface area contributed by atoms with Crippen LogP contribution in [0, 0.1) is 0 Å². The Balaban J connectivity index is 2.00. The molecule has 1 aromatic heterocycles. The molecule has 0 bridgehead atoms. The van der Waals surface area contributed by atoms with Gasteiger partial charge in [0.15, 0.2) is 23.0 Å². The lowest BCUT2D eigenvalue weighted by Gasteiger charge is -2.12. The number of methoxy groups -OCH3 is 3. The van der Waals surface area contributed by atoms with Crippen LogP contribution in [0.5, 0.6) is 17.2 Å². The van der Waals surface area contributed by atoms with Crippen LogP contribution < -0.4 is 14.2 Å². The highest BCUT2D eigenvalue weighted by Gasteiger charge is 2.35. The lowest BCUT2D eigenvalue weighted by Crippen LogP contribution is -2.27. The molecule has 0 saturated heterocycles. The fourth-order valence-corrected chi connectivity index (χ4v) is 2.95. The van der Waals surface area contributed by atoms with Crippen LogP contribution in [0.4, 0.5) is 0 Å². The van der Waals surface area contributed by atoms with Crippen LogP contribution in [0.1, 0.15) is 27.5 Å². The second kappa shape index (κ2) is 8.44. The van der Waals surface area contributed by atoms with E-state index in [0.29, 0.717) is 35.9 Å².